The number of rotatable bonds is 2. The minimum absolute atomic E-state index is 0.0926. The number of carbonyl (C=O) groups is 1. The molecule has 3 rings (SSSR count). The van der Waals surface area contributed by atoms with Crippen molar-refractivity contribution in [1.82, 2.24) is 10.3 Å². The summed E-state index contributed by atoms with van der Waals surface area (Å²) in [6.07, 6.45) is 0.791. The molecule has 1 heterocycles. The topological polar surface area (TPSA) is 42.0 Å². The van der Waals surface area contributed by atoms with Crippen molar-refractivity contribution in [2.45, 2.75) is 17.8 Å². The molecule has 92 valence electrons. The minimum Gasteiger partial charge on any atom is -0.342 e. The van der Waals surface area contributed by atoms with Crippen LogP contribution in [0.4, 0.5) is 0 Å². The van der Waals surface area contributed by atoms with Crippen LogP contribution in [-0.4, -0.2) is 16.3 Å². The van der Waals surface area contributed by atoms with E-state index < -0.39 is 0 Å². The van der Waals surface area contributed by atoms with E-state index in [0.29, 0.717) is 5.69 Å². The van der Waals surface area contributed by atoms with Crippen LogP contribution >= 0.6 is 22.9 Å². The first-order valence-electron chi connectivity index (χ1n) is 5.66. The fourth-order valence-corrected chi connectivity index (χ4v) is 3.15. The van der Waals surface area contributed by atoms with Crippen LogP contribution in [0, 0.1) is 0 Å². The predicted octanol–water partition coefficient (Wildman–Crippen LogP) is 2.78. The molecular formula is C13H11ClN2OS. The lowest BCUT2D eigenvalue weighted by Crippen LogP contribution is -2.32. The average molecular weight is 279 g/mol. The molecule has 2 atom stereocenters. The molecule has 1 aliphatic carbocycles. The van der Waals surface area contributed by atoms with E-state index in [1.165, 1.54) is 16.9 Å². The highest BCUT2D eigenvalue weighted by molar-refractivity contribution is 7.07. The second-order valence-corrected chi connectivity index (χ2v) is 5.52. The first-order chi connectivity index (χ1) is 8.75. The summed E-state index contributed by atoms with van der Waals surface area (Å²) in [6.45, 7) is 0. The molecule has 1 amide bonds. The van der Waals surface area contributed by atoms with Crippen LogP contribution in [0.25, 0.3) is 0 Å². The molecular weight excluding hydrogens is 268 g/mol. The molecule has 0 radical (unpaired) electrons. The van der Waals surface area contributed by atoms with Gasteiger partial charge in [0.05, 0.1) is 16.9 Å². The van der Waals surface area contributed by atoms with Crippen molar-refractivity contribution in [3.05, 3.63) is 52.0 Å². The van der Waals surface area contributed by atoms with Crippen LogP contribution in [0.3, 0.4) is 0 Å². The van der Waals surface area contributed by atoms with E-state index in [2.05, 4.69) is 16.4 Å². The molecule has 0 fully saturated rings. The van der Waals surface area contributed by atoms with Gasteiger partial charge in [0.15, 0.2) is 0 Å². The van der Waals surface area contributed by atoms with Gasteiger partial charge < -0.3 is 5.32 Å². The highest BCUT2D eigenvalue weighted by Gasteiger charge is 2.32. The summed E-state index contributed by atoms with van der Waals surface area (Å²) >= 11 is 7.72. The van der Waals surface area contributed by atoms with Gasteiger partial charge in [-0.05, 0) is 17.5 Å². The summed E-state index contributed by atoms with van der Waals surface area (Å²) in [7, 11) is 0. The highest BCUT2D eigenvalue weighted by Crippen LogP contribution is 2.34. The zero-order valence-corrected chi connectivity index (χ0v) is 11.0. The summed E-state index contributed by atoms with van der Waals surface area (Å²) in [4.78, 5) is 16.0. The van der Waals surface area contributed by atoms with Crippen molar-refractivity contribution in [3.8, 4) is 0 Å². The van der Waals surface area contributed by atoms with Crippen molar-refractivity contribution in [1.29, 1.82) is 0 Å². The van der Waals surface area contributed by atoms with Crippen LogP contribution in [0.1, 0.15) is 27.7 Å². The largest absolute Gasteiger partial charge is 0.342 e. The molecule has 5 heteroatoms. The fourth-order valence-electron chi connectivity index (χ4n) is 2.25. The predicted molar refractivity (Wildman–Crippen MR) is 72.1 cm³/mol. The van der Waals surface area contributed by atoms with Crippen molar-refractivity contribution < 1.29 is 4.79 Å². The second-order valence-electron chi connectivity index (χ2n) is 4.24. The summed E-state index contributed by atoms with van der Waals surface area (Å²) in [5.41, 5.74) is 4.42. The Morgan fingerprint density at radius 3 is 3.06 bits per heavy atom. The van der Waals surface area contributed by atoms with Gasteiger partial charge in [-0.2, -0.15) is 0 Å². The Labute approximate surface area is 114 Å². The lowest BCUT2D eigenvalue weighted by Gasteiger charge is -2.16. The van der Waals surface area contributed by atoms with Crippen LogP contribution in [0.15, 0.2) is 35.2 Å². The summed E-state index contributed by atoms with van der Waals surface area (Å²) < 4.78 is 0. The number of aromatic nitrogens is 1. The Morgan fingerprint density at radius 2 is 2.28 bits per heavy atom. The molecule has 3 nitrogen and oxygen atoms in total. The number of alkyl halides is 1. The first-order valence-corrected chi connectivity index (χ1v) is 7.04. The molecule has 1 aliphatic rings. The molecule has 1 N–H and O–H groups in total. The molecule has 0 aliphatic heterocycles. The number of halogens is 1. The van der Waals surface area contributed by atoms with E-state index in [1.54, 1.807) is 10.9 Å². The number of benzene rings is 1. The zero-order chi connectivity index (χ0) is 12.5. The second kappa shape index (κ2) is 4.71. The Balaban J connectivity index is 1.83. The highest BCUT2D eigenvalue weighted by atomic mass is 35.5. The van der Waals surface area contributed by atoms with E-state index in [1.807, 2.05) is 18.2 Å². The number of hydrogen-bond donors (Lipinski definition) is 1. The Hall–Kier alpha value is -1.39. The Bertz CT molecular complexity index is 570. The molecule has 18 heavy (non-hydrogen) atoms. The zero-order valence-electron chi connectivity index (χ0n) is 9.47. The van der Waals surface area contributed by atoms with Crippen molar-refractivity contribution in [2.24, 2.45) is 0 Å². The standard InChI is InChI=1S/C13H11ClN2OS/c14-10-5-8-3-1-2-4-9(8)12(10)16-13(17)11-6-18-7-15-11/h1-4,6-7,10,12H,5H2,(H,16,17). The summed E-state index contributed by atoms with van der Waals surface area (Å²) in [5, 5.41) is 4.60. The Kier molecular flexibility index (Phi) is 3.06. The van der Waals surface area contributed by atoms with Crippen molar-refractivity contribution in [2.75, 3.05) is 0 Å². The van der Waals surface area contributed by atoms with Gasteiger partial charge in [0, 0.05) is 5.38 Å². The van der Waals surface area contributed by atoms with Gasteiger partial charge in [-0.3, -0.25) is 4.79 Å². The van der Waals surface area contributed by atoms with Crippen LogP contribution in [0.2, 0.25) is 0 Å². The molecule has 0 saturated heterocycles. The molecule has 0 saturated carbocycles. The van der Waals surface area contributed by atoms with Crippen LogP contribution in [0.5, 0.6) is 0 Å². The molecule has 0 spiro atoms. The summed E-state index contributed by atoms with van der Waals surface area (Å²) in [5.74, 6) is -0.163. The Morgan fingerprint density at radius 1 is 1.44 bits per heavy atom. The maximum atomic E-state index is 12.0. The number of carbonyl (C=O) groups excluding carboxylic acids is 1. The maximum absolute atomic E-state index is 12.0. The summed E-state index contributed by atoms with van der Waals surface area (Å²) in [6, 6.07) is 7.91. The monoisotopic (exact) mass is 278 g/mol. The molecule has 1 aromatic heterocycles. The SMILES string of the molecule is O=C(NC1c2ccccc2CC1Cl)c1cscn1. The van der Waals surface area contributed by atoms with E-state index in [-0.39, 0.29) is 17.3 Å². The number of thiazole rings is 1. The third-order valence-corrected chi connectivity index (χ3v) is 4.11. The van der Waals surface area contributed by atoms with E-state index in [9.17, 15) is 4.79 Å². The van der Waals surface area contributed by atoms with Gasteiger partial charge in [-0.1, -0.05) is 24.3 Å². The fraction of sp³-hybridized carbons (Fsp3) is 0.231. The molecule has 1 aromatic carbocycles. The van der Waals surface area contributed by atoms with Gasteiger partial charge in [0.1, 0.15) is 5.69 Å². The van der Waals surface area contributed by atoms with Crippen molar-refractivity contribution in [3.63, 3.8) is 0 Å². The molecule has 0 bridgehead atoms. The van der Waals surface area contributed by atoms with Crippen LogP contribution < -0.4 is 5.32 Å². The number of hydrogen-bond acceptors (Lipinski definition) is 3. The number of nitrogens with one attached hydrogen (secondary N) is 1. The van der Waals surface area contributed by atoms with E-state index >= 15 is 0 Å². The van der Waals surface area contributed by atoms with Gasteiger partial charge in [-0.25, -0.2) is 4.98 Å². The lowest BCUT2D eigenvalue weighted by molar-refractivity contribution is 0.0933. The first kappa shape index (κ1) is 11.7. The molecule has 2 unspecified atom stereocenters. The van der Waals surface area contributed by atoms with Gasteiger partial charge >= 0.3 is 0 Å². The van der Waals surface area contributed by atoms with E-state index in [4.69, 9.17) is 11.6 Å². The quantitative estimate of drug-likeness (QED) is 0.859. The number of amides is 1. The van der Waals surface area contributed by atoms with Crippen LogP contribution in [-0.2, 0) is 6.42 Å². The maximum Gasteiger partial charge on any atom is 0.271 e. The molecule has 2 aromatic rings. The normalized spacial score (nSPS) is 21.6. The van der Waals surface area contributed by atoms with Gasteiger partial charge in [-0.15, -0.1) is 22.9 Å². The van der Waals surface area contributed by atoms with Gasteiger partial charge in [0.2, 0.25) is 0 Å². The van der Waals surface area contributed by atoms with Crippen molar-refractivity contribution >= 4 is 28.8 Å². The third kappa shape index (κ3) is 2.02. The van der Waals surface area contributed by atoms with E-state index in [0.717, 1.165) is 12.0 Å². The number of fused-ring (bicyclic) bond motifs is 1. The minimum atomic E-state index is -0.163. The average Bonchev–Trinajstić information content (AvgIpc) is 2.98. The third-order valence-electron chi connectivity index (χ3n) is 3.12. The smallest absolute Gasteiger partial charge is 0.271 e. The number of nitrogens with zero attached hydrogens (tertiary/aromatic N) is 1. The lowest BCUT2D eigenvalue weighted by atomic mass is 10.1. The van der Waals surface area contributed by atoms with Gasteiger partial charge in [0.25, 0.3) is 5.91 Å².